The van der Waals surface area contributed by atoms with E-state index in [1.807, 2.05) is 35.0 Å². The second-order valence-electron chi connectivity index (χ2n) is 5.55. The largest absolute Gasteiger partial charge is 0.353 e. The maximum Gasteiger partial charge on any atom is 0.226 e. The summed E-state index contributed by atoms with van der Waals surface area (Å²) < 4.78 is 1.93. The van der Waals surface area contributed by atoms with Gasteiger partial charge >= 0.3 is 0 Å². The van der Waals surface area contributed by atoms with Gasteiger partial charge in [-0.25, -0.2) is 4.98 Å². The lowest BCUT2D eigenvalue weighted by molar-refractivity contribution is -0.121. The Morgan fingerprint density at radius 3 is 2.68 bits per heavy atom. The van der Waals surface area contributed by atoms with Gasteiger partial charge in [-0.2, -0.15) is 0 Å². The van der Waals surface area contributed by atoms with Crippen LogP contribution in [0, 0.1) is 0 Å². The first kappa shape index (κ1) is 18.7. The zero-order valence-electron chi connectivity index (χ0n) is 12.3. The van der Waals surface area contributed by atoms with Crippen molar-refractivity contribution < 1.29 is 4.79 Å². The summed E-state index contributed by atoms with van der Waals surface area (Å²) in [5.74, 6) is 0.0499. The summed E-state index contributed by atoms with van der Waals surface area (Å²) in [6.07, 6.45) is 8.15. The monoisotopic (exact) mass is 344 g/mol. The normalized spacial score (nSPS) is 20.8. The number of nitrogens with zero attached hydrogens (tertiary/aromatic N) is 2. The third-order valence-corrected chi connectivity index (χ3v) is 3.89. The van der Waals surface area contributed by atoms with Crippen molar-refractivity contribution in [2.45, 2.75) is 44.2 Å². The Hall–Kier alpha value is -1.30. The van der Waals surface area contributed by atoms with Gasteiger partial charge in [0.2, 0.25) is 5.91 Å². The van der Waals surface area contributed by atoms with Crippen molar-refractivity contribution in [3.63, 3.8) is 0 Å². The third kappa shape index (κ3) is 4.60. The van der Waals surface area contributed by atoms with E-state index in [0.717, 1.165) is 37.0 Å². The van der Waals surface area contributed by atoms with Gasteiger partial charge < -0.3 is 15.5 Å². The molecular formula is C15H22Cl2N4O. The number of hydrogen-bond acceptors (Lipinski definition) is 3. The number of carbonyl (C=O) groups excluding carboxylic acids is 1. The molecule has 122 valence electrons. The van der Waals surface area contributed by atoms with Crippen molar-refractivity contribution in [3.8, 4) is 0 Å². The number of imidazole rings is 1. The van der Waals surface area contributed by atoms with Crippen LogP contribution in [0.5, 0.6) is 0 Å². The van der Waals surface area contributed by atoms with Gasteiger partial charge in [-0.15, -0.1) is 24.8 Å². The number of pyridine rings is 1. The Kier molecular flexibility index (Phi) is 7.13. The Morgan fingerprint density at radius 2 is 2.00 bits per heavy atom. The first-order chi connectivity index (χ1) is 9.70. The van der Waals surface area contributed by atoms with E-state index in [-0.39, 0.29) is 36.8 Å². The summed E-state index contributed by atoms with van der Waals surface area (Å²) in [6, 6.07) is 6.41. The van der Waals surface area contributed by atoms with E-state index in [9.17, 15) is 4.79 Å². The van der Waals surface area contributed by atoms with Crippen molar-refractivity contribution in [2.75, 3.05) is 0 Å². The van der Waals surface area contributed by atoms with E-state index in [1.165, 1.54) is 0 Å². The summed E-state index contributed by atoms with van der Waals surface area (Å²) >= 11 is 0. The second kappa shape index (κ2) is 8.36. The average molecular weight is 345 g/mol. The van der Waals surface area contributed by atoms with E-state index in [0.29, 0.717) is 12.5 Å². The molecule has 0 radical (unpaired) electrons. The number of carbonyl (C=O) groups is 1. The maximum absolute atomic E-state index is 12.0. The summed E-state index contributed by atoms with van der Waals surface area (Å²) in [5.41, 5.74) is 7.55. The van der Waals surface area contributed by atoms with Crippen molar-refractivity contribution in [2.24, 2.45) is 5.73 Å². The van der Waals surface area contributed by atoms with Gasteiger partial charge in [0.1, 0.15) is 5.65 Å². The number of nitrogens with two attached hydrogens (primary N) is 1. The summed E-state index contributed by atoms with van der Waals surface area (Å²) in [5, 5.41) is 3.09. The van der Waals surface area contributed by atoms with Gasteiger partial charge in [0.15, 0.2) is 0 Å². The van der Waals surface area contributed by atoms with E-state index in [4.69, 9.17) is 5.73 Å². The number of aromatic nitrogens is 2. The SMILES string of the molecule is Cl.Cl.NC1CCC(NC(=O)Cc2cn3ccccc3n2)CC1. The highest BCUT2D eigenvalue weighted by Crippen LogP contribution is 2.17. The minimum absolute atomic E-state index is 0. The molecule has 1 fully saturated rings. The first-order valence-corrected chi connectivity index (χ1v) is 7.18. The fourth-order valence-corrected chi connectivity index (χ4v) is 2.78. The fraction of sp³-hybridized carbons (Fsp3) is 0.467. The standard InChI is InChI=1S/C15H20N4O.2ClH/c16-11-4-6-12(7-5-11)18-15(20)9-13-10-19-8-2-1-3-14(19)17-13;;/h1-3,8,10-12H,4-7,9,16H2,(H,18,20);2*1H. The molecule has 0 aromatic carbocycles. The Balaban J connectivity index is 0.00000121. The van der Waals surface area contributed by atoms with Crippen LogP contribution in [0.1, 0.15) is 31.4 Å². The predicted octanol–water partition coefficient (Wildman–Crippen LogP) is 2.11. The lowest BCUT2D eigenvalue weighted by Gasteiger charge is -2.26. The molecule has 2 aromatic heterocycles. The lowest BCUT2D eigenvalue weighted by Crippen LogP contribution is -2.41. The Labute approximate surface area is 142 Å². The van der Waals surface area contributed by atoms with Gasteiger partial charge in [0, 0.05) is 24.5 Å². The van der Waals surface area contributed by atoms with Gasteiger partial charge in [0.25, 0.3) is 0 Å². The van der Waals surface area contributed by atoms with E-state index < -0.39 is 0 Å². The molecule has 0 atom stereocenters. The van der Waals surface area contributed by atoms with Crippen LogP contribution >= 0.6 is 24.8 Å². The number of hydrogen-bond donors (Lipinski definition) is 2. The highest BCUT2D eigenvalue weighted by Gasteiger charge is 2.20. The fourth-order valence-electron chi connectivity index (χ4n) is 2.78. The molecule has 1 amide bonds. The molecule has 0 spiro atoms. The van der Waals surface area contributed by atoms with Gasteiger partial charge in [-0.3, -0.25) is 4.79 Å². The second-order valence-corrected chi connectivity index (χ2v) is 5.55. The van der Waals surface area contributed by atoms with E-state index in [1.54, 1.807) is 0 Å². The highest BCUT2D eigenvalue weighted by atomic mass is 35.5. The summed E-state index contributed by atoms with van der Waals surface area (Å²) in [6.45, 7) is 0. The minimum atomic E-state index is 0. The molecule has 0 unspecified atom stereocenters. The molecule has 1 saturated carbocycles. The zero-order chi connectivity index (χ0) is 13.9. The lowest BCUT2D eigenvalue weighted by atomic mass is 9.92. The van der Waals surface area contributed by atoms with Gasteiger partial charge in [-0.05, 0) is 37.8 Å². The summed E-state index contributed by atoms with van der Waals surface area (Å²) in [7, 11) is 0. The minimum Gasteiger partial charge on any atom is -0.353 e. The zero-order valence-corrected chi connectivity index (χ0v) is 13.9. The van der Waals surface area contributed by atoms with Crippen LogP contribution in [0.3, 0.4) is 0 Å². The average Bonchev–Trinajstić information content (AvgIpc) is 2.83. The van der Waals surface area contributed by atoms with Crippen molar-refractivity contribution >= 4 is 36.4 Å². The quantitative estimate of drug-likeness (QED) is 0.895. The van der Waals surface area contributed by atoms with Crippen molar-refractivity contribution in [1.29, 1.82) is 0 Å². The molecule has 3 N–H and O–H groups in total. The molecule has 2 aromatic rings. The number of rotatable bonds is 3. The van der Waals surface area contributed by atoms with Gasteiger partial charge in [-0.1, -0.05) is 6.07 Å². The Bertz CT molecular complexity index is 575. The molecule has 0 saturated heterocycles. The number of amides is 1. The number of fused-ring (bicyclic) bond motifs is 1. The van der Waals surface area contributed by atoms with Crippen LogP contribution < -0.4 is 11.1 Å². The molecule has 22 heavy (non-hydrogen) atoms. The van der Waals surface area contributed by atoms with Gasteiger partial charge in [0.05, 0.1) is 12.1 Å². The predicted molar refractivity (Wildman–Crippen MR) is 91.8 cm³/mol. The van der Waals surface area contributed by atoms with Crippen LogP contribution in [0.4, 0.5) is 0 Å². The molecular weight excluding hydrogens is 323 g/mol. The molecule has 7 heteroatoms. The topological polar surface area (TPSA) is 72.4 Å². The number of nitrogens with one attached hydrogen (secondary N) is 1. The molecule has 0 aliphatic heterocycles. The molecule has 2 heterocycles. The van der Waals surface area contributed by atoms with E-state index >= 15 is 0 Å². The summed E-state index contributed by atoms with van der Waals surface area (Å²) in [4.78, 5) is 16.5. The molecule has 5 nitrogen and oxygen atoms in total. The molecule has 3 rings (SSSR count). The van der Waals surface area contributed by atoms with Crippen LogP contribution in [0.2, 0.25) is 0 Å². The van der Waals surface area contributed by atoms with Crippen LogP contribution in [-0.4, -0.2) is 27.4 Å². The highest BCUT2D eigenvalue weighted by molar-refractivity contribution is 5.85. The van der Waals surface area contributed by atoms with E-state index in [2.05, 4.69) is 10.3 Å². The molecule has 0 bridgehead atoms. The molecule has 1 aliphatic carbocycles. The number of halogens is 2. The van der Waals surface area contributed by atoms with Crippen molar-refractivity contribution in [1.82, 2.24) is 14.7 Å². The van der Waals surface area contributed by atoms with Crippen molar-refractivity contribution in [3.05, 3.63) is 36.3 Å². The Morgan fingerprint density at radius 1 is 1.27 bits per heavy atom. The van der Waals surface area contributed by atoms with Crippen LogP contribution in [-0.2, 0) is 11.2 Å². The first-order valence-electron chi connectivity index (χ1n) is 7.18. The van der Waals surface area contributed by atoms with Crippen LogP contribution in [0.15, 0.2) is 30.6 Å². The van der Waals surface area contributed by atoms with Crippen LogP contribution in [0.25, 0.3) is 5.65 Å². The smallest absolute Gasteiger partial charge is 0.226 e. The maximum atomic E-state index is 12.0. The third-order valence-electron chi connectivity index (χ3n) is 3.89. The molecule has 1 aliphatic rings.